The monoisotopic (exact) mass is 1190 g/mol. The summed E-state index contributed by atoms with van der Waals surface area (Å²) in [6.07, 6.45) is 55.6. The average Bonchev–Trinajstić information content (AvgIpc) is 3.24. The van der Waals surface area contributed by atoms with E-state index in [0.29, 0.717) is 12.8 Å². The third kappa shape index (κ3) is 38.9. The van der Waals surface area contributed by atoms with Crippen LogP contribution in [0.3, 0.4) is 0 Å². The molecule has 9 N–H and O–H groups in total. The molecule has 0 saturated carbocycles. The van der Waals surface area contributed by atoms with Gasteiger partial charge in [-0.25, -0.2) is 0 Å². The van der Waals surface area contributed by atoms with Gasteiger partial charge < -0.3 is 65.1 Å². The highest BCUT2D eigenvalue weighted by Gasteiger charge is 2.51. The van der Waals surface area contributed by atoms with E-state index in [4.69, 9.17) is 18.9 Å². The number of aliphatic hydroxyl groups is 8. The Morgan fingerprint density at radius 2 is 0.798 bits per heavy atom. The summed E-state index contributed by atoms with van der Waals surface area (Å²) in [7, 11) is 0. The van der Waals surface area contributed by atoms with Crippen LogP contribution in [0.25, 0.3) is 0 Å². The molecule has 0 aromatic carbocycles. The summed E-state index contributed by atoms with van der Waals surface area (Å²) in [6, 6.07) is -0.940. The van der Waals surface area contributed by atoms with Crippen LogP contribution in [0.1, 0.15) is 284 Å². The number of hydrogen-bond acceptors (Lipinski definition) is 13. The summed E-state index contributed by atoms with van der Waals surface area (Å²) in [5.41, 5.74) is 0. The minimum atomic E-state index is -1.79. The minimum absolute atomic E-state index is 0.251. The number of nitrogens with one attached hydrogen (secondary N) is 1. The predicted molar refractivity (Wildman–Crippen MR) is 341 cm³/mol. The second-order valence-electron chi connectivity index (χ2n) is 24.3. The molecule has 2 heterocycles. The molecule has 84 heavy (non-hydrogen) atoms. The summed E-state index contributed by atoms with van der Waals surface area (Å²) in [4.78, 5) is 13.3. The van der Waals surface area contributed by atoms with Gasteiger partial charge in [0.2, 0.25) is 5.91 Å². The number of unbranched alkanes of at least 4 members (excludes halogenated alkanes) is 35. The Morgan fingerprint density at radius 1 is 0.429 bits per heavy atom. The Hall–Kier alpha value is -2.31. The zero-order valence-corrected chi connectivity index (χ0v) is 53.1. The third-order valence-corrected chi connectivity index (χ3v) is 16.7. The maximum absolute atomic E-state index is 13.3. The van der Waals surface area contributed by atoms with Crippen LogP contribution in [0.5, 0.6) is 0 Å². The van der Waals surface area contributed by atoms with Crippen molar-refractivity contribution in [2.75, 3.05) is 19.8 Å². The van der Waals surface area contributed by atoms with Gasteiger partial charge in [0.05, 0.1) is 32.0 Å². The second-order valence-corrected chi connectivity index (χ2v) is 24.3. The first-order valence-electron chi connectivity index (χ1n) is 34.5. The molecule has 0 aromatic heterocycles. The molecule has 2 saturated heterocycles. The first kappa shape index (κ1) is 77.8. The topological polar surface area (TPSA) is 228 Å². The van der Waals surface area contributed by atoms with Crippen LogP contribution >= 0.6 is 0 Å². The lowest BCUT2D eigenvalue weighted by molar-refractivity contribution is -0.359. The maximum Gasteiger partial charge on any atom is 0.220 e. The van der Waals surface area contributed by atoms with Crippen molar-refractivity contribution in [1.29, 1.82) is 0 Å². The van der Waals surface area contributed by atoms with E-state index in [0.717, 1.165) is 51.4 Å². The Labute approximate surface area is 511 Å². The van der Waals surface area contributed by atoms with Crippen molar-refractivity contribution in [3.8, 4) is 0 Å². The highest BCUT2D eigenvalue weighted by atomic mass is 16.7. The summed E-state index contributed by atoms with van der Waals surface area (Å²) >= 11 is 0. The lowest BCUT2D eigenvalue weighted by atomic mass is 9.97. The SMILES string of the molecule is CCCCCCC/C=C\C/C=C\CCCCCCCCCCCCCCCCCCCC(=O)NC(COC1OC(CO)C(OC2OC(CO)C(O)C(O)C2O)C(O)C1O)C(O)/C=C/CC/C=C/CC/C=C/CCCCCCCCCCCCC. The van der Waals surface area contributed by atoms with Crippen LogP contribution in [0.4, 0.5) is 0 Å². The van der Waals surface area contributed by atoms with Gasteiger partial charge in [0.1, 0.15) is 48.8 Å². The number of aliphatic hydroxyl groups excluding tert-OH is 8. The van der Waals surface area contributed by atoms with Gasteiger partial charge in [0.15, 0.2) is 12.6 Å². The first-order chi connectivity index (χ1) is 41.1. The molecular formula is C70H127NO13. The predicted octanol–water partition coefficient (Wildman–Crippen LogP) is 13.7. The number of hydrogen-bond donors (Lipinski definition) is 9. The van der Waals surface area contributed by atoms with Gasteiger partial charge in [-0.3, -0.25) is 4.79 Å². The molecule has 490 valence electrons. The van der Waals surface area contributed by atoms with Gasteiger partial charge >= 0.3 is 0 Å². The largest absolute Gasteiger partial charge is 0.394 e. The Bertz CT molecular complexity index is 1640. The molecule has 2 rings (SSSR count). The molecule has 14 nitrogen and oxygen atoms in total. The van der Waals surface area contributed by atoms with Crippen LogP contribution in [-0.2, 0) is 23.7 Å². The quantitative estimate of drug-likeness (QED) is 0.0204. The lowest BCUT2D eigenvalue weighted by Crippen LogP contribution is -2.65. The van der Waals surface area contributed by atoms with Crippen molar-refractivity contribution in [1.82, 2.24) is 5.32 Å². The molecule has 14 heteroatoms. The van der Waals surface area contributed by atoms with Gasteiger partial charge in [-0.2, -0.15) is 0 Å². The van der Waals surface area contributed by atoms with Crippen molar-refractivity contribution in [2.45, 2.75) is 357 Å². The van der Waals surface area contributed by atoms with Gasteiger partial charge in [0, 0.05) is 6.42 Å². The third-order valence-electron chi connectivity index (χ3n) is 16.7. The van der Waals surface area contributed by atoms with Crippen molar-refractivity contribution >= 4 is 5.91 Å². The Morgan fingerprint density at radius 3 is 1.24 bits per heavy atom. The van der Waals surface area contributed by atoms with E-state index in [9.17, 15) is 45.6 Å². The molecule has 0 radical (unpaired) electrons. The molecule has 0 aromatic rings. The maximum atomic E-state index is 13.3. The van der Waals surface area contributed by atoms with E-state index >= 15 is 0 Å². The van der Waals surface area contributed by atoms with Crippen LogP contribution in [0, 0.1) is 0 Å². The van der Waals surface area contributed by atoms with E-state index in [-0.39, 0.29) is 18.9 Å². The van der Waals surface area contributed by atoms with Gasteiger partial charge in [-0.05, 0) is 77.0 Å². The fourth-order valence-corrected chi connectivity index (χ4v) is 11.1. The molecular weight excluding hydrogens is 1060 g/mol. The molecule has 0 aliphatic carbocycles. The van der Waals surface area contributed by atoms with Gasteiger partial charge in [0.25, 0.3) is 0 Å². The standard InChI is InChI=1S/C70H127NO13/c1-3-5-7-9-11-13-15-17-19-21-23-25-26-27-28-29-30-31-32-34-36-38-40-42-44-46-48-50-52-54-62(75)71-58(59(74)53-51-49-47-45-43-41-39-37-35-33-24-22-20-18-16-14-12-10-8-6-4-2)57-81-69-67(80)65(78)68(61(56-73)83-69)84-70-66(79)64(77)63(76)60(55-72)82-70/h15,17,21,23,35,37,43,45,51,53,58-61,63-70,72-74,76-80H,3-14,16,18-20,22,24-34,36,38-42,44,46-50,52,54-57H2,1-2H3,(H,71,75)/b17-15-,23-21-,37-35+,45-43+,53-51+. The van der Waals surface area contributed by atoms with Crippen molar-refractivity contribution in [3.63, 3.8) is 0 Å². The molecule has 2 aliphatic rings. The number of carbonyl (C=O) groups excluding carboxylic acids is 1. The first-order valence-corrected chi connectivity index (χ1v) is 34.5. The molecule has 1 amide bonds. The molecule has 12 unspecified atom stereocenters. The number of ether oxygens (including phenoxy) is 4. The zero-order chi connectivity index (χ0) is 60.9. The Kier molecular flexibility index (Phi) is 50.8. The number of allylic oxidation sites excluding steroid dienone is 9. The zero-order valence-electron chi connectivity index (χ0n) is 53.1. The van der Waals surface area contributed by atoms with Crippen LogP contribution in [0.15, 0.2) is 60.8 Å². The molecule has 0 spiro atoms. The molecule has 2 fully saturated rings. The van der Waals surface area contributed by atoms with Crippen molar-refractivity contribution < 1.29 is 64.6 Å². The minimum Gasteiger partial charge on any atom is -0.394 e. The number of amides is 1. The van der Waals surface area contributed by atoms with E-state index in [1.807, 2.05) is 6.08 Å². The van der Waals surface area contributed by atoms with Crippen molar-refractivity contribution in [3.05, 3.63) is 60.8 Å². The normalized spacial score (nSPS) is 24.0. The summed E-state index contributed by atoms with van der Waals surface area (Å²) < 4.78 is 22.8. The van der Waals surface area contributed by atoms with Gasteiger partial charge in [-0.1, -0.05) is 261 Å². The number of carbonyl (C=O) groups is 1. The molecule has 2 aliphatic heterocycles. The fraction of sp³-hybridized carbons (Fsp3) is 0.843. The fourth-order valence-electron chi connectivity index (χ4n) is 11.1. The molecule has 0 bridgehead atoms. The highest BCUT2D eigenvalue weighted by Crippen LogP contribution is 2.30. The van der Waals surface area contributed by atoms with Crippen LogP contribution in [0.2, 0.25) is 0 Å². The van der Waals surface area contributed by atoms with E-state index in [1.165, 1.54) is 199 Å². The summed E-state index contributed by atoms with van der Waals surface area (Å²) in [6.45, 7) is 2.79. The second kappa shape index (κ2) is 54.8. The van der Waals surface area contributed by atoms with Crippen LogP contribution < -0.4 is 5.32 Å². The average molecular weight is 1190 g/mol. The summed E-state index contributed by atoms with van der Waals surface area (Å²) in [5, 5.41) is 87.3. The van der Waals surface area contributed by atoms with E-state index in [1.54, 1.807) is 6.08 Å². The van der Waals surface area contributed by atoms with Crippen LogP contribution in [-0.4, -0.2) is 140 Å². The van der Waals surface area contributed by atoms with E-state index in [2.05, 4.69) is 67.8 Å². The van der Waals surface area contributed by atoms with E-state index < -0.39 is 86.8 Å². The lowest BCUT2D eigenvalue weighted by Gasteiger charge is -2.46. The van der Waals surface area contributed by atoms with Crippen molar-refractivity contribution in [2.24, 2.45) is 0 Å². The summed E-state index contributed by atoms with van der Waals surface area (Å²) in [5.74, 6) is -0.251. The highest BCUT2D eigenvalue weighted by molar-refractivity contribution is 5.76. The Balaban J connectivity index is 1.70. The van der Waals surface area contributed by atoms with Gasteiger partial charge in [-0.15, -0.1) is 0 Å². The number of rotatable bonds is 56. The molecule has 12 atom stereocenters. The smallest absolute Gasteiger partial charge is 0.220 e.